The Bertz CT molecular complexity index is 582. The molecule has 1 heterocycles. The van der Waals surface area contributed by atoms with Crippen LogP contribution in [0.1, 0.15) is 16.1 Å². The Hall–Kier alpha value is -2.24. The van der Waals surface area contributed by atoms with Crippen LogP contribution in [0.25, 0.3) is 0 Å². The number of alkyl halides is 3. The van der Waals surface area contributed by atoms with Crippen molar-refractivity contribution in [3.8, 4) is 0 Å². The Balaban J connectivity index is 2.28. The van der Waals surface area contributed by atoms with Crippen LogP contribution < -0.4 is 4.57 Å². The number of carbonyl (C=O) groups excluding carboxylic acids is 1. The van der Waals surface area contributed by atoms with Gasteiger partial charge in [0, 0.05) is 5.56 Å². The lowest BCUT2D eigenvalue weighted by atomic mass is 10.1. The zero-order valence-electron chi connectivity index (χ0n) is 9.76. The SMILES string of the molecule is O=C(C[n+]1ccncc1C(F)(F)F)c1ccccc1. The van der Waals surface area contributed by atoms with Crippen LogP contribution in [0, 0.1) is 0 Å². The van der Waals surface area contributed by atoms with Gasteiger partial charge in [0.05, 0.1) is 6.20 Å². The fourth-order valence-electron chi connectivity index (χ4n) is 1.63. The van der Waals surface area contributed by atoms with Gasteiger partial charge < -0.3 is 0 Å². The second-order valence-electron chi connectivity index (χ2n) is 3.88. The summed E-state index contributed by atoms with van der Waals surface area (Å²) < 4.78 is 39.0. The van der Waals surface area contributed by atoms with Gasteiger partial charge in [0.1, 0.15) is 6.20 Å². The van der Waals surface area contributed by atoms with Gasteiger partial charge >= 0.3 is 11.9 Å². The summed E-state index contributed by atoms with van der Waals surface area (Å²) in [6, 6.07) is 8.19. The van der Waals surface area contributed by atoms with E-state index >= 15 is 0 Å². The molecule has 0 radical (unpaired) electrons. The van der Waals surface area contributed by atoms with Crippen LogP contribution in [0.2, 0.25) is 0 Å². The Morgan fingerprint density at radius 1 is 1.21 bits per heavy atom. The van der Waals surface area contributed by atoms with E-state index in [0.29, 0.717) is 11.8 Å². The summed E-state index contributed by atoms with van der Waals surface area (Å²) >= 11 is 0. The molecule has 0 amide bonds. The monoisotopic (exact) mass is 267 g/mol. The van der Waals surface area contributed by atoms with Crippen molar-refractivity contribution in [3.05, 3.63) is 60.2 Å². The molecule has 0 aliphatic rings. The zero-order valence-corrected chi connectivity index (χ0v) is 9.76. The molecule has 0 fully saturated rings. The van der Waals surface area contributed by atoms with Crippen molar-refractivity contribution in [2.24, 2.45) is 0 Å². The molecule has 98 valence electrons. The van der Waals surface area contributed by atoms with E-state index in [-0.39, 0.29) is 12.3 Å². The number of aromatic nitrogens is 2. The van der Waals surface area contributed by atoms with E-state index in [9.17, 15) is 18.0 Å². The minimum absolute atomic E-state index is 0.374. The van der Waals surface area contributed by atoms with Gasteiger partial charge in [0.15, 0.2) is 6.20 Å². The standard InChI is InChI=1S/C13H10F3N2O/c14-13(15,16)12-8-17-6-7-18(12)9-11(19)10-4-2-1-3-5-10/h1-8H,9H2/q+1. The van der Waals surface area contributed by atoms with E-state index in [2.05, 4.69) is 4.98 Å². The molecule has 19 heavy (non-hydrogen) atoms. The summed E-state index contributed by atoms with van der Waals surface area (Å²) in [4.78, 5) is 15.3. The summed E-state index contributed by atoms with van der Waals surface area (Å²) in [5.41, 5.74) is -0.570. The van der Waals surface area contributed by atoms with Crippen LogP contribution in [-0.4, -0.2) is 10.8 Å². The third kappa shape index (κ3) is 3.15. The molecular formula is C13H10F3N2O+. The maximum atomic E-state index is 12.7. The van der Waals surface area contributed by atoms with Crippen molar-refractivity contribution >= 4 is 5.78 Å². The fraction of sp³-hybridized carbons (Fsp3) is 0.154. The van der Waals surface area contributed by atoms with Crippen molar-refractivity contribution in [2.75, 3.05) is 0 Å². The second kappa shape index (κ2) is 5.17. The summed E-state index contributed by atoms with van der Waals surface area (Å²) in [7, 11) is 0. The van der Waals surface area contributed by atoms with Crippen molar-refractivity contribution in [3.63, 3.8) is 0 Å². The lowest BCUT2D eigenvalue weighted by Gasteiger charge is -2.05. The van der Waals surface area contributed by atoms with Gasteiger partial charge in [-0.15, -0.1) is 0 Å². The summed E-state index contributed by atoms with van der Waals surface area (Å²) in [6.07, 6.45) is -1.47. The smallest absolute Gasteiger partial charge is 0.287 e. The minimum Gasteiger partial charge on any atom is -0.287 e. The number of benzene rings is 1. The number of hydrogen-bond acceptors (Lipinski definition) is 2. The Labute approximate surface area is 107 Å². The number of hydrogen-bond donors (Lipinski definition) is 0. The van der Waals surface area contributed by atoms with Crippen molar-refractivity contribution in [2.45, 2.75) is 12.7 Å². The van der Waals surface area contributed by atoms with E-state index in [1.165, 1.54) is 6.20 Å². The van der Waals surface area contributed by atoms with Crippen molar-refractivity contribution in [1.82, 2.24) is 4.98 Å². The molecule has 0 atom stereocenters. The third-order valence-electron chi connectivity index (χ3n) is 2.54. The summed E-state index contributed by atoms with van der Waals surface area (Å²) in [5, 5.41) is 0. The quantitative estimate of drug-likeness (QED) is 0.631. The first-order valence-corrected chi connectivity index (χ1v) is 5.47. The maximum Gasteiger partial charge on any atom is 0.479 e. The van der Waals surface area contributed by atoms with E-state index in [1.54, 1.807) is 30.3 Å². The van der Waals surface area contributed by atoms with Gasteiger partial charge in [0.25, 0.3) is 0 Å². The molecule has 0 aliphatic carbocycles. The van der Waals surface area contributed by atoms with Crippen molar-refractivity contribution in [1.29, 1.82) is 0 Å². The lowest BCUT2D eigenvalue weighted by molar-refractivity contribution is -0.702. The van der Waals surface area contributed by atoms with E-state index in [0.717, 1.165) is 10.8 Å². The van der Waals surface area contributed by atoms with Crippen LogP contribution in [0.4, 0.5) is 13.2 Å². The van der Waals surface area contributed by atoms with E-state index in [1.807, 2.05) is 0 Å². The number of rotatable bonds is 3. The summed E-state index contributed by atoms with van der Waals surface area (Å²) in [6.45, 7) is -0.374. The molecule has 0 spiro atoms. The number of nitrogens with zero attached hydrogens (tertiary/aromatic N) is 2. The first-order valence-electron chi connectivity index (χ1n) is 5.47. The fourth-order valence-corrected chi connectivity index (χ4v) is 1.63. The van der Waals surface area contributed by atoms with Gasteiger partial charge in [-0.1, -0.05) is 30.3 Å². The largest absolute Gasteiger partial charge is 0.479 e. The number of halogens is 3. The van der Waals surface area contributed by atoms with E-state index in [4.69, 9.17) is 0 Å². The van der Waals surface area contributed by atoms with E-state index < -0.39 is 11.9 Å². The molecule has 0 saturated carbocycles. The first kappa shape index (κ1) is 13.2. The zero-order chi connectivity index (χ0) is 13.9. The lowest BCUT2D eigenvalue weighted by Crippen LogP contribution is -2.44. The number of Topliss-reactive ketones (excluding diaryl/α,β-unsaturated/α-hetero) is 1. The normalized spacial score (nSPS) is 11.3. The van der Waals surface area contributed by atoms with Gasteiger partial charge in [-0.25, -0.2) is 0 Å². The Kier molecular flexibility index (Phi) is 3.59. The minimum atomic E-state index is -4.54. The first-order chi connectivity index (χ1) is 8.98. The highest BCUT2D eigenvalue weighted by atomic mass is 19.4. The third-order valence-corrected chi connectivity index (χ3v) is 2.54. The van der Waals surface area contributed by atoms with Gasteiger partial charge in [-0.3, -0.25) is 9.78 Å². The van der Waals surface area contributed by atoms with Gasteiger partial charge in [0.2, 0.25) is 12.3 Å². The highest BCUT2D eigenvalue weighted by Crippen LogP contribution is 2.25. The molecule has 2 rings (SSSR count). The predicted octanol–water partition coefficient (Wildman–Crippen LogP) is 2.27. The molecule has 1 aromatic carbocycles. The molecule has 2 aromatic rings. The molecule has 6 heteroatoms. The van der Waals surface area contributed by atoms with Crippen LogP contribution in [0.3, 0.4) is 0 Å². The highest BCUT2D eigenvalue weighted by Gasteiger charge is 2.41. The summed E-state index contributed by atoms with van der Waals surface area (Å²) in [5.74, 6) is -0.387. The molecule has 0 unspecified atom stereocenters. The maximum absolute atomic E-state index is 12.7. The van der Waals surface area contributed by atoms with Crippen LogP contribution in [-0.2, 0) is 12.7 Å². The molecular weight excluding hydrogens is 257 g/mol. The Morgan fingerprint density at radius 3 is 2.53 bits per heavy atom. The predicted molar refractivity (Wildman–Crippen MR) is 60.2 cm³/mol. The average molecular weight is 267 g/mol. The Morgan fingerprint density at radius 2 is 1.89 bits per heavy atom. The van der Waals surface area contributed by atoms with Gasteiger partial charge in [-0.05, 0) is 0 Å². The number of carbonyl (C=O) groups is 1. The molecule has 0 aliphatic heterocycles. The van der Waals surface area contributed by atoms with Gasteiger partial charge in [-0.2, -0.15) is 17.7 Å². The topological polar surface area (TPSA) is 33.8 Å². The van der Waals surface area contributed by atoms with Crippen LogP contribution in [0.5, 0.6) is 0 Å². The van der Waals surface area contributed by atoms with Crippen LogP contribution >= 0.6 is 0 Å². The molecule has 1 aromatic heterocycles. The average Bonchev–Trinajstić information content (AvgIpc) is 2.39. The molecule has 0 N–H and O–H groups in total. The highest BCUT2D eigenvalue weighted by molar-refractivity contribution is 5.94. The second-order valence-corrected chi connectivity index (χ2v) is 3.88. The number of ketones is 1. The molecule has 0 bridgehead atoms. The molecule has 0 saturated heterocycles. The van der Waals surface area contributed by atoms with Crippen LogP contribution in [0.15, 0.2) is 48.9 Å². The van der Waals surface area contributed by atoms with Crippen molar-refractivity contribution < 1.29 is 22.5 Å². The molecule has 3 nitrogen and oxygen atoms in total.